The van der Waals surface area contributed by atoms with Gasteiger partial charge in [0.15, 0.2) is 0 Å². The highest BCUT2D eigenvalue weighted by Gasteiger charge is 2.17. The quantitative estimate of drug-likeness (QED) is 0.852. The Morgan fingerprint density at radius 1 is 1.22 bits per heavy atom. The number of nitrogens with zero attached hydrogens (tertiary/aromatic N) is 3. The Balaban J connectivity index is 1.94. The van der Waals surface area contributed by atoms with Crippen molar-refractivity contribution in [1.29, 1.82) is 0 Å². The van der Waals surface area contributed by atoms with E-state index in [9.17, 15) is 0 Å². The van der Waals surface area contributed by atoms with Gasteiger partial charge in [-0.3, -0.25) is 4.90 Å². The average molecular weight is 248 g/mol. The third-order valence-corrected chi connectivity index (χ3v) is 3.39. The van der Waals surface area contributed by atoms with Crippen molar-refractivity contribution in [2.45, 2.75) is 19.9 Å². The smallest absolute Gasteiger partial charge is 0.128 e. The van der Waals surface area contributed by atoms with Gasteiger partial charge in [0, 0.05) is 32.7 Å². The van der Waals surface area contributed by atoms with E-state index in [1.165, 1.54) is 13.0 Å². The van der Waals surface area contributed by atoms with Gasteiger partial charge in [0.05, 0.1) is 5.69 Å². The van der Waals surface area contributed by atoms with Gasteiger partial charge in [0.2, 0.25) is 0 Å². The molecule has 0 saturated carbocycles. The number of hydrogen-bond donors (Lipinski definition) is 1. The molecule has 1 fully saturated rings. The summed E-state index contributed by atoms with van der Waals surface area (Å²) in [4.78, 5) is 9.63. The fraction of sp³-hybridized carbons (Fsp3) is 0.643. The molecule has 1 saturated heterocycles. The van der Waals surface area contributed by atoms with E-state index in [2.05, 4.69) is 40.2 Å². The zero-order chi connectivity index (χ0) is 12.8. The summed E-state index contributed by atoms with van der Waals surface area (Å²) in [6.07, 6.45) is 1.25. The van der Waals surface area contributed by atoms with Crippen LogP contribution in [0.25, 0.3) is 0 Å². The van der Waals surface area contributed by atoms with Crippen LogP contribution in [0.5, 0.6) is 0 Å². The molecule has 4 heteroatoms. The van der Waals surface area contributed by atoms with Crippen LogP contribution in [0.15, 0.2) is 18.2 Å². The molecule has 1 aliphatic rings. The molecular weight excluding hydrogens is 224 g/mol. The second-order valence-electron chi connectivity index (χ2n) is 4.85. The number of pyridine rings is 1. The van der Waals surface area contributed by atoms with Crippen molar-refractivity contribution < 1.29 is 0 Å². The van der Waals surface area contributed by atoms with Gasteiger partial charge in [-0.25, -0.2) is 4.98 Å². The molecule has 18 heavy (non-hydrogen) atoms. The van der Waals surface area contributed by atoms with Crippen molar-refractivity contribution in [2.75, 3.05) is 44.7 Å². The fourth-order valence-corrected chi connectivity index (χ4v) is 2.44. The van der Waals surface area contributed by atoms with Crippen LogP contribution in [0.3, 0.4) is 0 Å². The van der Waals surface area contributed by atoms with Crippen LogP contribution >= 0.6 is 0 Å². The minimum atomic E-state index is 0.837. The molecule has 0 atom stereocenters. The van der Waals surface area contributed by atoms with Crippen molar-refractivity contribution in [3.8, 4) is 0 Å². The predicted molar refractivity (Wildman–Crippen MR) is 75.9 cm³/mol. The predicted octanol–water partition coefficient (Wildman–Crippen LogP) is 1.33. The molecule has 0 radical (unpaired) electrons. The second kappa shape index (κ2) is 6.71. The Hall–Kier alpha value is -1.13. The summed E-state index contributed by atoms with van der Waals surface area (Å²) in [6, 6.07) is 6.30. The second-order valence-corrected chi connectivity index (χ2v) is 4.85. The number of piperazine rings is 1. The number of nitrogens with one attached hydrogen (secondary N) is 1. The van der Waals surface area contributed by atoms with Crippen LogP contribution in [0.4, 0.5) is 5.82 Å². The number of hydrogen-bond acceptors (Lipinski definition) is 4. The summed E-state index contributed by atoms with van der Waals surface area (Å²) >= 11 is 0. The van der Waals surface area contributed by atoms with Crippen LogP contribution in [-0.4, -0.2) is 49.7 Å². The number of anilines is 1. The van der Waals surface area contributed by atoms with Gasteiger partial charge < -0.3 is 10.2 Å². The van der Waals surface area contributed by atoms with Gasteiger partial charge in [0.25, 0.3) is 0 Å². The molecule has 1 N–H and O–H groups in total. The standard InChI is InChI=1S/C14H24N4/c1-3-7-17-8-10-18(11-9-17)14-6-4-5-13(16-14)12-15-2/h4-6,15H,3,7-12H2,1-2H3. The van der Waals surface area contributed by atoms with E-state index in [1.54, 1.807) is 0 Å². The summed E-state index contributed by atoms with van der Waals surface area (Å²) in [6.45, 7) is 8.81. The van der Waals surface area contributed by atoms with Crippen molar-refractivity contribution >= 4 is 5.82 Å². The lowest BCUT2D eigenvalue weighted by Gasteiger charge is -2.35. The fourth-order valence-electron chi connectivity index (χ4n) is 2.44. The summed E-state index contributed by atoms with van der Waals surface area (Å²) in [5.41, 5.74) is 1.12. The summed E-state index contributed by atoms with van der Waals surface area (Å²) in [5.74, 6) is 1.12. The van der Waals surface area contributed by atoms with E-state index in [1.807, 2.05) is 7.05 Å². The molecule has 1 aromatic heterocycles. The van der Waals surface area contributed by atoms with Gasteiger partial charge in [0.1, 0.15) is 5.82 Å². The third kappa shape index (κ3) is 3.43. The highest BCUT2D eigenvalue weighted by atomic mass is 15.3. The van der Waals surface area contributed by atoms with Crippen molar-refractivity contribution in [2.24, 2.45) is 0 Å². The third-order valence-electron chi connectivity index (χ3n) is 3.39. The summed E-state index contributed by atoms with van der Waals surface area (Å²) in [5, 5.41) is 3.15. The van der Waals surface area contributed by atoms with E-state index in [0.29, 0.717) is 0 Å². The van der Waals surface area contributed by atoms with Gasteiger partial charge >= 0.3 is 0 Å². The Labute approximate surface area is 110 Å². The Morgan fingerprint density at radius 2 is 2.00 bits per heavy atom. The first-order valence-electron chi connectivity index (χ1n) is 6.91. The summed E-state index contributed by atoms with van der Waals surface area (Å²) in [7, 11) is 1.96. The first kappa shape index (κ1) is 13.3. The van der Waals surface area contributed by atoms with E-state index in [4.69, 9.17) is 4.98 Å². The minimum absolute atomic E-state index is 0.837. The average Bonchev–Trinajstić information content (AvgIpc) is 2.41. The molecule has 1 aliphatic heterocycles. The minimum Gasteiger partial charge on any atom is -0.354 e. The van der Waals surface area contributed by atoms with Crippen LogP contribution in [-0.2, 0) is 6.54 Å². The molecule has 0 aromatic carbocycles. The molecular formula is C14H24N4. The lowest BCUT2D eigenvalue weighted by Crippen LogP contribution is -2.46. The van der Waals surface area contributed by atoms with E-state index in [-0.39, 0.29) is 0 Å². The topological polar surface area (TPSA) is 31.4 Å². The first-order valence-corrected chi connectivity index (χ1v) is 6.91. The summed E-state index contributed by atoms with van der Waals surface area (Å²) < 4.78 is 0. The molecule has 0 amide bonds. The number of rotatable bonds is 5. The molecule has 2 heterocycles. The normalized spacial score (nSPS) is 17.1. The maximum absolute atomic E-state index is 4.70. The molecule has 100 valence electrons. The highest BCUT2D eigenvalue weighted by molar-refractivity contribution is 5.39. The lowest BCUT2D eigenvalue weighted by atomic mass is 10.2. The van der Waals surface area contributed by atoms with Crippen LogP contribution < -0.4 is 10.2 Å². The SMILES string of the molecule is CCCN1CCN(c2cccc(CNC)n2)CC1. The van der Waals surface area contributed by atoms with Crippen LogP contribution in [0, 0.1) is 0 Å². The zero-order valence-electron chi connectivity index (χ0n) is 11.5. The maximum atomic E-state index is 4.70. The Bertz CT molecular complexity index is 359. The zero-order valence-corrected chi connectivity index (χ0v) is 11.5. The monoisotopic (exact) mass is 248 g/mol. The van der Waals surface area contributed by atoms with Gasteiger partial charge in [-0.2, -0.15) is 0 Å². The van der Waals surface area contributed by atoms with Crippen molar-refractivity contribution in [3.63, 3.8) is 0 Å². The maximum Gasteiger partial charge on any atom is 0.128 e. The first-order chi connectivity index (χ1) is 8.83. The number of aromatic nitrogens is 1. The van der Waals surface area contributed by atoms with Crippen molar-refractivity contribution in [3.05, 3.63) is 23.9 Å². The molecule has 0 bridgehead atoms. The Morgan fingerprint density at radius 3 is 2.67 bits per heavy atom. The van der Waals surface area contributed by atoms with Gasteiger partial charge in [-0.15, -0.1) is 0 Å². The molecule has 0 aliphatic carbocycles. The van der Waals surface area contributed by atoms with E-state index < -0.39 is 0 Å². The van der Waals surface area contributed by atoms with E-state index >= 15 is 0 Å². The van der Waals surface area contributed by atoms with Crippen molar-refractivity contribution in [1.82, 2.24) is 15.2 Å². The van der Waals surface area contributed by atoms with Crippen LogP contribution in [0.2, 0.25) is 0 Å². The lowest BCUT2D eigenvalue weighted by molar-refractivity contribution is 0.258. The molecule has 2 rings (SSSR count). The molecule has 1 aromatic rings. The molecule has 4 nitrogen and oxygen atoms in total. The van der Waals surface area contributed by atoms with E-state index in [0.717, 1.165) is 44.2 Å². The highest BCUT2D eigenvalue weighted by Crippen LogP contribution is 2.14. The van der Waals surface area contributed by atoms with Gasteiger partial charge in [-0.1, -0.05) is 13.0 Å². The Kier molecular flexibility index (Phi) is 4.96. The van der Waals surface area contributed by atoms with Crippen LogP contribution in [0.1, 0.15) is 19.0 Å². The largest absolute Gasteiger partial charge is 0.354 e. The molecule has 0 unspecified atom stereocenters. The molecule has 0 spiro atoms. The van der Waals surface area contributed by atoms with Gasteiger partial charge in [-0.05, 0) is 32.1 Å².